The molecule has 0 aromatic heterocycles. The number of anilines is 2. The smallest absolute Gasteiger partial charge is 0.270 e. The molecule has 196 valence electrons. The molecule has 0 bridgehead atoms. The van der Waals surface area contributed by atoms with E-state index in [0.717, 1.165) is 33.6 Å². The van der Waals surface area contributed by atoms with E-state index in [9.17, 15) is 9.59 Å². The minimum absolute atomic E-state index is 0.162. The zero-order valence-electron chi connectivity index (χ0n) is 22.0. The molecule has 4 rings (SSSR count). The summed E-state index contributed by atoms with van der Waals surface area (Å²) in [6.07, 6.45) is 1.78. The number of methoxy groups -OCH3 is 1. The zero-order valence-corrected chi connectivity index (χ0v) is 23.7. The number of carbonyl (C=O) groups is 2. The minimum Gasteiger partial charge on any atom is -0.493 e. The van der Waals surface area contributed by atoms with E-state index < -0.39 is 0 Å². The molecule has 1 heterocycles. The van der Waals surface area contributed by atoms with Gasteiger partial charge in [-0.25, -0.2) is 0 Å². The van der Waals surface area contributed by atoms with Crippen LogP contribution in [0.15, 0.2) is 65.6 Å². The second-order valence-corrected chi connectivity index (χ2v) is 11.0. The van der Waals surface area contributed by atoms with Gasteiger partial charge in [0.1, 0.15) is 0 Å². The fourth-order valence-corrected chi connectivity index (χ4v) is 5.51. The van der Waals surface area contributed by atoms with Gasteiger partial charge >= 0.3 is 0 Å². The lowest BCUT2D eigenvalue weighted by molar-refractivity contribution is -0.118. The van der Waals surface area contributed by atoms with E-state index in [1.165, 1.54) is 18.9 Å². The van der Waals surface area contributed by atoms with Crippen LogP contribution in [0.5, 0.6) is 11.5 Å². The molecule has 2 amide bonds. The van der Waals surface area contributed by atoms with E-state index in [1.807, 2.05) is 62.4 Å². The van der Waals surface area contributed by atoms with Crippen LogP contribution in [0.2, 0.25) is 0 Å². The summed E-state index contributed by atoms with van der Waals surface area (Å²) in [4.78, 5) is 27.9. The van der Waals surface area contributed by atoms with Gasteiger partial charge in [-0.1, -0.05) is 79.8 Å². The van der Waals surface area contributed by atoms with Crippen molar-refractivity contribution in [1.29, 1.82) is 0 Å². The summed E-state index contributed by atoms with van der Waals surface area (Å²) < 4.78 is 11.8. The largest absolute Gasteiger partial charge is 0.493 e. The molecule has 8 heteroatoms. The van der Waals surface area contributed by atoms with Gasteiger partial charge in [0.25, 0.3) is 11.8 Å². The van der Waals surface area contributed by atoms with Crippen molar-refractivity contribution in [3.63, 3.8) is 0 Å². The van der Waals surface area contributed by atoms with Crippen LogP contribution in [0.25, 0.3) is 6.08 Å². The molecule has 1 saturated heterocycles. The second-order valence-electron chi connectivity index (χ2n) is 9.30. The van der Waals surface area contributed by atoms with Gasteiger partial charge in [0.15, 0.2) is 22.4 Å². The Morgan fingerprint density at radius 2 is 1.84 bits per heavy atom. The first-order chi connectivity index (χ1) is 18.2. The molecule has 0 spiro atoms. The number of amides is 2. The van der Waals surface area contributed by atoms with Crippen molar-refractivity contribution in [3.8, 4) is 11.5 Å². The van der Waals surface area contributed by atoms with Crippen molar-refractivity contribution in [3.05, 3.63) is 87.8 Å². The van der Waals surface area contributed by atoms with Gasteiger partial charge in [0.05, 0.1) is 17.7 Å². The summed E-state index contributed by atoms with van der Waals surface area (Å²) >= 11 is 6.79. The highest BCUT2D eigenvalue weighted by atomic mass is 32.2. The van der Waals surface area contributed by atoms with Crippen LogP contribution in [-0.2, 0) is 9.59 Å². The maximum atomic E-state index is 13.2. The topological polar surface area (TPSA) is 67.9 Å². The lowest BCUT2D eigenvalue weighted by Gasteiger charge is -2.17. The highest BCUT2D eigenvalue weighted by Gasteiger charge is 2.34. The number of para-hydroxylation sites is 1. The molecule has 1 aliphatic rings. The van der Waals surface area contributed by atoms with E-state index in [1.54, 1.807) is 23.1 Å². The summed E-state index contributed by atoms with van der Waals surface area (Å²) in [5, 5.41) is 2.92. The van der Waals surface area contributed by atoms with Crippen LogP contribution < -0.4 is 19.7 Å². The molecule has 38 heavy (non-hydrogen) atoms. The van der Waals surface area contributed by atoms with E-state index in [4.69, 9.17) is 21.7 Å². The molecule has 1 fully saturated rings. The molecule has 0 radical (unpaired) electrons. The van der Waals surface area contributed by atoms with Crippen molar-refractivity contribution in [2.75, 3.05) is 23.9 Å². The van der Waals surface area contributed by atoms with Crippen LogP contribution in [-0.4, -0.2) is 29.9 Å². The van der Waals surface area contributed by atoms with Crippen LogP contribution in [0, 0.1) is 13.8 Å². The predicted molar refractivity (Wildman–Crippen MR) is 159 cm³/mol. The SMILES string of the molecule is COc1cc(/C=C2/SC(=S)N(c3ccc(C)cc3C)C2=O)ccc1OCC(=O)Nc1ccccc1C(C)C. The third-order valence-corrected chi connectivity index (χ3v) is 7.39. The van der Waals surface area contributed by atoms with Gasteiger partial charge in [0.2, 0.25) is 0 Å². The minimum atomic E-state index is -0.265. The monoisotopic (exact) mass is 546 g/mol. The molecule has 0 atom stereocenters. The number of carbonyl (C=O) groups excluding carboxylic acids is 2. The van der Waals surface area contributed by atoms with Crippen LogP contribution in [0.1, 0.15) is 42.0 Å². The molecule has 0 aliphatic carbocycles. The van der Waals surface area contributed by atoms with Gasteiger partial charge < -0.3 is 14.8 Å². The Labute approximate surface area is 233 Å². The zero-order chi connectivity index (χ0) is 27.4. The molecule has 0 saturated carbocycles. The first-order valence-corrected chi connectivity index (χ1v) is 13.4. The van der Waals surface area contributed by atoms with Gasteiger partial charge in [-0.05, 0) is 66.8 Å². The quantitative estimate of drug-likeness (QED) is 0.246. The highest BCUT2D eigenvalue weighted by molar-refractivity contribution is 8.27. The molecule has 6 nitrogen and oxygen atoms in total. The van der Waals surface area contributed by atoms with Crippen molar-refractivity contribution < 1.29 is 19.1 Å². The Morgan fingerprint density at radius 3 is 2.55 bits per heavy atom. The number of thiocarbonyl (C=S) groups is 1. The normalized spacial score (nSPS) is 14.4. The molecule has 3 aromatic carbocycles. The lowest BCUT2D eigenvalue weighted by atomic mass is 10.0. The number of aryl methyl sites for hydroxylation is 2. The summed E-state index contributed by atoms with van der Waals surface area (Å²) in [6, 6.07) is 19.0. The van der Waals surface area contributed by atoms with Crippen molar-refractivity contribution >= 4 is 57.6 Å². The molecule has 3 aromatic rings. The van der Waals surface area contributed by atoms with Gasteiger partial charge in [0, 0.05) is 5.69 Å². The number of hydrogen-bond acceptors (Lipinski definition) is 6. The molecular formula is C30H30N2O4S2. The second kappa shape index (κ2) is 11.8. The van der Waals surface area contributed by atoms with Gasteiger partial charge in [-0.3, -0.25) is 14.5 Å². The fourth-order valence-electron chi connectivity index (χ4n) is 4.22. The third kappa shape index (κ3) is 6.09. The molecule has 1 aliphatic heterocycles. The standard InChI is InChI=1S/C30H30N2O4S2/c1-18(2)22-8-6-7-9-23(22)31-28(33)17-36-25-13-11-21(15-26(25)35-5)16-27-29(34)32(30(37)38-27)24-12-10-19(3)14-20(24)4/h6-16,18H,17H2,1-5H3,(H,31,33)/b27-16+. The lowest BCUT2D eigenvalue weighted by Crippen LogP contribution is -2.28. The number of ether oxygens (including phenoxy) is 2. The van der Waals surface area contributed by atoms with Crippen LogP contribution in [0.3, 0.4) is 0 Å². The molecule has 0 unspecified atom stereocenters. The maximum absolute atomic E-state index is 13.2. The van der Waals surface area contributed by atoms with Gasteiger partial charge in [-0.2, -0.15) is 0 Å². The number of nitrogens with one attached hydrogen (secondary N) is 1. The highest BCUT2D eigenvalue weighted by Crippen LogP contribution is 2.38. The summed E-state index contributed by atoms with van der Waals surface area (Å²) in [7, 11) is 1.53. The average Bonchev–Trinajstić information content (AvgIpc) is 3.15. The number of benzene rings is 3. The fraction of sp³-hybridized carbons (Fsp3) is 0.233. The molecular weight excluding hydrogens is 516 g/mol. The van der Waals surface area contributed by atoms with E-state index in [-0.39, 0.29) is 24.3 Å². The number of thioether (sulfide) groups is 1. The van der Waals surface area contributed by atoms with Crippen molar-refractivity contribution in [2.45, 2.75) is 33.6 Å². The maximum Gasteiger partial charge on any atom is 0.270 e. The van der Waals surface area contributed by atoms with Crippen LogP contribution >= 0.6 is 24.0 Å². The van der Waals surface area contributed by atoms with Gasteiger partial charge in [-0.15, -0.1) is 0 Å². The summed E-state index contributed by atoms with van der Waals surface area (Å²) in [5.41, 5.74) is 5.49. The summed E-state index contributed by atoms with van der Waals surface area (Å²) in [5.74, 6) is 0.740. The Kier molecular flexibility index (Phi) is 8.54. The first-order valence-electron chi connectivity index (χ1n) is 12.2. The molecule has 1 N–H and O–H groups in total. The predicted octanol–water partition coefficient (Wildman–Crippen LogP) is 6.86. The Balaban J connectivity index is 1.46. The number of nitrogens with zero attached hydrogens (tertiary/aromatic N) is 1. The van der Waals surface area contributed by atoms with E-state index in [0.29, 0.717) is 20.7 Å². The average molecular weight is 547 g/mol. The third-order valence-electron chi connectivity index (χ3n) is 6.09. The number of rotatable bonds is 8. The van der Waals surface area contributed by atoms with Crippen molar-refractivity contribution in [1.82, 2.24) is 0 Å². The van der Waals surface area contributed by atoms with Crippen LogP contribution in [0.4, 0.5) is 11.4 Å². The van der Waals surface area contributed by atoms with E-state index in [2.05, 4.69) is 19.2 Å². The Morgan fingerprint density at radius 1 is 1.08 bits per heavy atom. The van der Waals surface area contributed by atoms with E-state index >= 15 is 0 Å². The number of hydrogen-bond donors (Lipinski definition) is 1. The first kappa shape index (κ1) is 27.4. The van der Waals surface area contributed by atoms with Crippen molar-refractivity contribution in [2.24, 2.45) is 0 Å². The Hall–Kier alpha value is -3.62. The summed E-state index contributed by atoms with van der Waals surface area (Å²) in [6.45, 7) is 7.97. The Bertz CT molecular complexity index is 1430.